The van der Waals surface area contributed by atoms with Crippen molar-refractivity contribution in [3.63, 3.8) is 0 Å². The highest BCUT2D eigenvalue weighted by Crippen LogP contribution is 2.64. The van der Waals surface area contributed by atoms with Crippen LogP contribution in [0.4, 0.5) is 17.1 Å². The number of fused-ring (bicyclic) bond motifs is 12. The van der Waals surface area contributed by atoms with Crippen molar-refractivity contribution in [1.29, 1.82) is 0 Å². The summed E-state index contributed by atoms with van der Waals surface area (Å²) in [5, 5.41) is 2.30. The van der Waals surface area contributed by atoms with Gasteiger partial charge in [-0.05, 0) is 118 Å². The quantitative estimate of drug-likeness (QED) is 0.173. The molecule has 2 aliphatic carbocycles. The molecule has 3 aliphatic rings. The highest BCUT2D eigenvalue weighted by atomic mass is 16.5. The fraction of sp³-hybridized carbons (Fsp3) is 0.0877. The molecule has 2 heteroatoms. The van der Waals surface area contributed by atoms with E-state index >= 15 is 0 Å². The Morgan fingerprint density at radius 2 is 1.05 bits per heavy atom. The molecule has 2 nitrogen and oxygen atoms in total. The van der Waals surface area contributed by atoms with Gasteiger partial charge < -0.3 is 9.64 Å². The number of hydrogen-bond acceptors (Lipinski definition) is 2. The minimum atomic E-state index is -0.588. The Labute approximate surface area is 345 Å². The van der Waals surface area contributed by atoms with E-state index in [1.165, 1.54) is 97.8 Å². The summed E-state index contributed by atoms with van der Waals surface area (Å²) in [5.74, 6) is 1.83. The molecule has 9 aromatic carbocycles. The standard InChI is InChI=1S/C57H41NO/c1-2-13-38(14-3-1)40-27-32-45(33-28-40)58(46-34-29-41(30-35-46)44-26-25-39-15-4-5-17-43(39)37-44)53-23-12-22-51-55(53)48-19-8-9-20-49(48)57(51)50-21-10-11-24-54(50)59-56-47-18-7-6-16-42(47)31-36-52(56)57/h1-3,6-14,16,18-37H,4-5,15,17H2. The third-order valence-electron chi connectivity index (χ3n) is 13.1. The van der Waals surface area contributed by atoms with Gasteiger partial charge in [0.25, 0.3) is 0 Å². The van der Waals surface area contributed by atoms with Gasteiger partial charge in [-0.2, -0.15) is 0 Å². The van der Waals surface area contributed by atoms with Crippen molar-refractivity contribution in [3.8, 4) is 44.9 Å². The zero-order chi connectivity index (χ0) is 38.9. The van der Waals surface area contributed by atoms with Gasteiger partial charge in [0.05, 0.1) is 11.1 Å². The largest absolute Gasteiger partial charge is 0.456 e. The maximum absolute atomic E-state index is 6.94. The van der Waals surface area contributed by atoms with E-state index in [-0.39, 0.29) is 0 Å². The summed E-state index contributed by atoms with van der Waals surface area (Å²) in [4.78, 5) is 2.46. The summed E-state index contributed by atoms with van der Waals surface area (Å²) in [6.07, 6.45) is 4.94. The molecule has 1 heterocycles. The molecule has 0 saturated carbocycles. The lowest BCUT2D eigenvalue weighted by atomic mass is 9.65. The van der Waals surface area contributed by atoms with Crippen LogP contribution in [0.5, 0.6) is 11.5 Å². The number of hydrogen-bond donors (Lipinski definition) is 0. The minimum Gasteiger partial charge on any atom is -0.456 e. The highest BCUT2D eigenvalue weighted by molar-refractivity contribution is 6.00. The highest BCUT2D eigenvalue weighted by Gasteiger charge is 2.52. The number of para-hydroxylation sites is 1. The van der Waals surface area contributed by atoms with E-state index in [1.54, 1.807) is 0 Å². The summed E-state index contributed by atoms with van der Waals surface area (Å²) in [6, 6.07) is 73.8. The van der Waals surface area contributed by atoms with Gasteiger partial charge in [0, 0.05) is 33.5 Å². The molecule has 0 aromatic heterocycles. The van der Waals surface area contributed by atoms with Crippen molar-refractivity contribution in [1.82, 2.24) is 0 Å². The average Bonchev–Trinajstić information content (AvgIpc) is 3.61. The van der Waals surface area contributed by atoms with Crippen LogP contribution in [0.1, 0.15) is 46.2 Å². The predicted molar refractivity (Wildman–Crippen MR) is 244 cm³/mol. The molecular formula is C57H41NO. The van der Waals surface area contributed by atoms with Crippen LogP contribution in [0.3, 0.4) is 0 Å². The lowest BCUT2D eigenvalue weighted by molar-refractivity contribution is 0.441. The summed E-state index contributed by atoms with van der Waals surface area (Å²) in [6.45, 7) is 0. The molecule has 0 amide bonds. The summed E-state index contributed by atoms with van der Waals surface area (Å²) in [7, 11) is 0. The Morgan fingerprint density at radius 3 is 1.86 bits per heavy atom. The Balaban J connectivity index is 1.09. The van der Waals surface area contributed by atoms with E-state index in [1.807, 2.05) is 0 Å². The lowest BCUT2D eigenvalue weighted by Crippen LogP contribution is -2.32. The van der Waals surface area contributed by atoms with E-state index < -0.39 is 5.41 Å². The Bertz CT molecular complexity index is 3070. The third kappa shape index (κ3) is 5.19. The molecule has 1 unspecified atom stereocenters. The van der Waals surface area contributed by atoms with Crippen LogP contribution in [0.25, 0.3) is 44.2 Å². The first kappa shape index (κ1) is 33.9. The SMILES string of the molecule is c1ccc(-c2ccc(N(c3ccc(-c4ccc5c(c4)CCCC5)cc3)c3cccc4c3-c3ccccc3C43c4ccccc4Oc4c3ccc3ccccc43)cc2)cc1. The predicted octanol–water partition coefficient (Wildman–Crippen LogP) is 15.0. The van der Waals surface area contributed by atoms with Crippen LogP contribution in [0, 0.1) is 0 Å². The van der Waals surface area contributed by atoms with Crippen LogP contribution in [-0.2, 0) is 18.3 Å². The molecule has 12 rings (SSSR count). The first-order valence-corrected chi connectivity index (χ1v) is 21.0. The molecule has 0 bridgehead atoms. The van der Waals surface area contributed by atoms with Crippen molar-refractivity contribution >= 4 is 27.8 Å². The second-order valence-corrected chi connectivity index (χ2v) is 16.2. The average molecular weight is 756 g/mol. The molecule has 59 heavy (non-hydrogen) atoms. The normalized spacial score (nSPS) is 15.7. The topological polar surface area (TPSA) is 12.5 Å². The molecule has 1 spiro atoms. The zero-order valence-corrected chi connectivity index (χ0v) is 32.7. The maximum atomic E-state index is 6.94. The molecule has 0 saturated heterocycles. The van der Waals surface area contributed by atoms with Crippen molar-refractivity contribution in [2.24, 2.45) is 0 Å². The number of benzene rings is 9. The number of aryl methyl sites for hydroxylation is 2. The number of anilines is 3. The van der Waals surface area contributed by atoms with Crippen molar-refractivity contribution in [2.45, 2.75) is 31.1 Å². The molecule has 280 valence electrons. The third-order valence-corrected chi connectivity index (χ3v) is 13.1. The van der Waals surface area contributed by atoms with Crippen molar-refractivity contribution < 1.29 is 4.74 Å². The molecule has 0 N–H and O–H groups in total. The van der Waals surface area contributed by atoms with E-state index in [2.05, 4.69) is 205 Å². The van der Waals surface area contributed by atoms with Gasteiger partial charge in [0.15, 0.2) is 0 Å². The first-order valence-electron chi connectivity index (χ1n) is 21.0. The fourth-order valence-electron chi connectivity index (χ4n) is 10.4. The Morgan fingerprint density at radius 1 is 0.424 bits per heavy atom. The second kappa shape index (κ2) is 13.5. The number of ether oxygens (including phenoxy) is 1. The van der Waals surface area contributed by atoms with Gasteiger partial charge in [-0.1, -0.05) is 164 Å². The van der Waals surface area contributed by atoms with Gasteiger partial charge in [0.1, 0.15) is 11.5 Å². The van der Waals surface area contributed by atoms with Gasteiger partial charge >= 0.3 is 0 Å². The monoisotopic (exact) mass is 755 g/mol. The smallest absolute Gasteiger partial charge is 0.140 e. The van der Waals surface area contributed by atoms with Gasteiger partial charge in [-0.3, -0.25) is 0 Å². The van der Waals surface area contributed by atoms with Crippen LogP contribution in [0.2, 0.25) is 0 Å². The van der Waals surface area contributed by atoms with E-state index in [9.17, 15) is 0 Å². The zero-order valence-electron chi connectivity index (χ0n) is 32.7. The van der Waals surface area contributed by atoms with Gasteiger partial charge in [-0.15, -0.1) is 0 Å². The molecule has 1 atom stereocenters. The van der Waals surface area contributed by atoms with E-state index in [0.29, 0.717) is 0 Å². The van der Waals surface area contributed by atoms with Crippen LogP contribution in [0.15, 0.2) is 200 Å². The molecule has 0 radical (unpaired) electrons. The molecule has 1 aliphatic heterocycles. The molecular weight excluding hydrogens is 715 g/mol. The van der Waals surface area contributed by atoms with Crippen LogP contribution >= 0.6 is 0 Å². The first-order chi connectivity index (χ1) is 29.3. The Hall–Kier alpha value is -7.16. The van der Waals surface area contributed by atoms with E-state index in [4.69, 9.17) is 4.74 Å². The summed E-state index contributed by atoms with van der Waals surface area (Å²) >= 11 is 0. The Kier molecular flexibility index (Phi) is 7.74. The second-order valence-electron chi connectivity index (χ2n) is 16.2. The molecule has 0 fully saturated rings. The van der Waals surface area contributed by atoms with Crippen LogP contribution in [-0.4, -0.2) is 0 Å². The maximum Gasteiger partial charge on any atom is 0.140 e. The minimum absolute atomic E-state index is 0.588. The van der Waals surface area contributed by atoms with E-state index in [0.717, 1.165) is 33.9 Å². The van der Waals surface area contributed by atoms with Crippen LogP contribution < -0.4 is 9.64 Å². The van der Waals surface area contributed by atoms with Gasteiger partial charge in [-0.25, -0.2) is 0 Å². The number of rotatable bonds is 5. The lowest BCUT2D eigenvalue weighted by Gasteiger charge is -2.40. The summed E-state index contributed by atoms with van der Waals surface area (Å²) < 4.78 is 6.94. The number of nitrogens with zero attached hydrogens (tertiary/aromatic N) is 1. The van der Waals surface area contributed by atoms with Gasteiger partial charge in [0.2, 0.25) is 0 Å². The van der Waals surface area contributed by atoms with Crippen molar-refractivity contribution in [3.05, 3.63) is 234 Å². The molecule has 9 aromatic rings. The summed E-state index contributed by atoms with van der Waals surface area (Å²) in [5.41, 5.74) is 18.1. The van der Waals surface area contributed by atoms with Crippen molar-refractivity contribution in [2.75, 3.05) is 4.90 Å². The fourth-order valence-corrected chi connectivity index (χ4v) is 10.4.